The van der Waals surface area contributed by atoms with E-state index >= 15 is 0 Å². The van der Waals surface area contributed by atoms with Crippen molar-refractivity contribution in [3.8, 4) is 0 Å². The minimum absolute atomic E-state index is 0.262. The molecule has 0 radical (unpaired) electrons. The maximum Gasteiger partial charge on any atom is 0.227 e. The van der Waals surface area contributed by atoms with Crippen molar-refractivity contribution in [2.75, 3.05) is 37.7 Å². The SMILES string of the molecule is O=C(C1CCNC1)N1CCCSCC1. The molecule has 14 heavy (non-hydrogen) atoms. The van der Waals surface area contributed by atoms with E-state index in [1.165, 1.54) is 5.75 Å². The third kappa shape index (κ3) is 2.42. The van der Waals surface area contributed by atoms with Crippen molar-refractivity contribution in [1.29, 1.82) is 0 Å². The van der Waals surface area contributed by atoms with Crippen LogP contribution in [-0.2, 0) is 4.79 Å². The van der Waals surface area contributed by atoms with Crippen LogP contribution < -0.4 is 5.32 Å². The first-order valence-corrected chi connectivity index (χ1v) is 6.60. The molecule has 0 bridgehead atoms. The van der Waals surface area contributed by atoms with Crippen molar-refractivity contribution in [1.82, 2.24) is 10.2 Å². The third-order valence-corrected chi connectivity index (χ3v) is 3.99. The lowest BCUT2D eigenvalue weighted by atomic mass is 10.1. The summed E-state index contributed by atoms with van der Waals surface area (Å²) in [5, 5.41) is 3.26. The summed E-state index contributed by atoms with van der Waals surface area (Å²) in [5.74, 6) is 2.98. The summed E-state index contributed by atoms with van der Waals surface area (Å²) in [6, 6.07) is 0. The first-order valence-electron chi connectivity index (χ1n) is 5.45. The Kier molecular flexibility index (Phi) is 3.70. The van der Waals surface area contributed by atoms with Crippen LogP contribution in [0.25, 0.3) is 0 Å². The van der Waals surface area contributed by atoms with Crippen molar-refractivity contribution < 1.29 is 4.79 Å². The van der Waals surface area contributed by atoms with Gasteiger partial charge in [0.1, 0.15) is 0 Å². The Labute approximate surface area is 89.6 Å². The first-order chi connectivity index (χ1) is 6.88. The molecule has 2 fully saturated rings. The summed E-state index contributed by atoms with van der Waals surface area (Å²) in [6.07, 6.45) is 2.19. The Morgan fingerprint density at radius 3 is 3.07 bits per heavy atom. The standard InChI is InChI=1S/C10H18N2OS/c13-10(9-2-3-11-8-9)12-4-1-6-14-7-5-12/h9,11H,1-8H2. The maximum absolute atomic E-state index is 12.0. The topological polar surface area (TPSA) is 32.3 Å². The lowest BCUT2D eigenvalue weighted by molar-refractivity contribution is -0.134. The van der Waals surface area contributed by atoms with Gasteiger partial charge in [0.25, 0.3) is 0 Å². The van der Waals surface area contributed by atoms with Crippen molar-refractivity contribution in [3.05, 3.63) is 0 Å². The quantitative estimate of drug-likeness (QED) is 0.692. The van der Waals surface area contributed by atoms with Crippen LogP contribution >= 0.6 is 11.8 Å². The van der Waals surface area contributed by atoms with E-state index < -0.39 is 0 Å². The summed E-state index contributed by atoms with van der Waals surface area (Å²) in [5.41, 5.74) is 0. The second-order valence-electron chi connectivity index (χ2n) is 3.98. The average Bonchev–Trinajstić information content (AvgIpc) is 2.59. The molecule has 0 saturated carbocycles. The Morgan fingerprint density at radius 2 is 2.29 bits per heavy atom. The van der Waals surface area contributed by atoms with Crippen LogP contribution in [0.15, 0.2) is 0 Å². The molecular formula is C10H18N2OS. The van der Waals surface area contributed by atoms with Gasteiger partial charge in [0.15, 0.2) is 0 Å². The molecule has 2 heterocycles. The molecular weight excluding hydrogens is 196 g/mol. The highest BCUT2D eigenvalue weighted by atomic mass is 32.2. The fraction of sp³-hybridized carbons (Fsp3) is 0.900. The van der Waals surface area contributed by atoms with E-state index in [2.05, 4.69) is 10.2 Å². The fourth-order valence-electron chi connectivity index (χ4n) is 2.09. The highest BCUT2D eigenvalue weighted by Gasteiger charge is 2.27. The van der Waals surface area contributed by atoms with E-state index in [-0.39, 0.29) is 5.92 Å². The van der Waals surface area contributed by atoms with Crippen molar-refractivity contribution in [2.24, 2.45) is 5.92 Å². The van der Waals surface area contributed by atoms with Gasteiger partial charge in [-0.2, -0.15) is 11.8 Å². The molecule has 1 atom stereocenters. The maximum atomic E-state index is 12.0. The molecule has 2 rings (SSSR count). The van der Waals surface area contributed by atoms with Crippen LogP contribution in [0, 0.1) is 5.92 Å². The summed E-state index contributed by atoms with van der Waals surface area (Å²) < 4.78 is 0. The number of rotatable bonds is 1. The summed E-state index contributed by atoms with van der Waals surface area (Å²) >= 11 is 1.97. The van der Waals surface area contributed by atoms with E-state index in [1.807, 2.05) is 11.8 Å². The van der Waals surface area contributed by atoms with E-state index in [0.717, 1.165) is 44.8 Å². The van der Waals surface area contributed by atoms with Gasteiger partial charge >= 0.3 is 0 Å². The zero-order valence-corrected chi connectivity index (χ0v) is 9.31. The Balaban J connectivity index is 1.88. The summed E-state index contributed by atoms with van der Waals surface area (Å²) in [4.78, 5) is 14.1. The zero-order chi connectivity index (χ0) is 9.80. The van der Waals surface area contributed by atoms with Gasteiger partial charge in [-0.1, -0.05) is 0 Å². The highest BCUT2D eigenvalue weighted by Crippen LogP contribution is 2.16. The molecule has 1 unspecified atom stereocenters. The van der Waals surface area contributed by atoms with Crippen molar-refractivity contribution in [3.63, 3.8) is 0 Å². The minimum Gasteiger partial charge on any atom is -0.342 e. The fourth-order valence-corrected chi connectivity index (χ4v) is 2.98. The Bertz CT molecular complexity index is 196. The number of nitrogens with zero attached hydrogens (tertiary/aromatic N) is 1. The van der Waals surface area contributed by atoms with Crippen LogP contribution in [0.3, 0.4) is 0 Å². The van der Waals surface area contributed by atoms with Gasteiger partial charge in [0.05, 0.1) is 5.92 Å². The zero-order valence-electron chi connectivity index (χ0n) is 8.50. The van der Waals surface area contributed by atoms with Crippen molar-refractivity contribution >= 4 is 17.7 Å². The molecule has 2 saturated heterocycles. The number of nitrogens with one attached hydrogen (secondary N) is 1. The Hall–Kier alpha value is -0.220. The molecule has 2 aliphatic heterocycles. The molecule has 3 nitrogen and oxygen atoms in total. The average molecular weight is 214 g/mol. The van der Waals surface area contributed by atoms with Crippen molar-refractivity contribution in [2.45, 2.75) is 12.8 Å². The summed E-state index contributed by atoms with van der Waals surface area (Å²) in [7, 11) is 0. The van der Waals surface area contributed by atoms with E-state index in [0.29, 0.717) is 5.91 Å². The van der Waals surface area contributed by atoms with Gasteiger partial charge < -0.3 is 10.2 Å². The number of carbonyl (C=O) groups excluding carboxylic acids is 1. The normalized spacial score (nSPS) is 28.9. The van der Waals surface area contributed by atoms with Crippen LogP contribution in [0.1, 0.15) is 12.8 Å². The third-order valence-electron chi connectivity index (χ3n) is 2.94. The van der Waals surface area contributed by atoms with Gasteiger partial charge in [-0.3, -0.25) is 4.79 Å². The number of hydrogen-bond acceptors (Lipinski definition) is 3. The molecule has 0 aliphatic carbocycles. The summed E-state index contributed by atoms with van der Waals surface area (Å²) in [6.45, 7) is 3.84. The predicted octanol–water partition coefficient (Wildman–Crippen LogP) is 0.561. The highest BCUT2D eigenvalue weighted by molar-refractivity contribution is 7.99. The molecule has 4 heteroatoms. The first kappa shape index (κ1) is 10.3. The Morgan fingerprint density at radius 1 is 1.36 bits per heavy atom. The monoisotopic (exact) mass is 214 g/mol. The predicted molar refractivity (Wildman–Crippen MR) is 59.5 cm³/mol. The van der Waals surface area contributed by atoms with Gasteiger partial charge in [0, 0.05) is 25.4 Å². The largest absolute Gasteiger partial charge is 0.342 e. The second-order valence-corrected chi connectivity index (χ2v) is 5.21. The molecule has 0 aromatic heterocycles. The molecule has 1 amide bonds. The number of carbonyl (C=O) groups is 1. The van der Waals surface area contributed by atoms with E-state index in [4.69, 9.17) is 0 Å². The van der Waals surface area contributed by atoms with Gasteiger partial charge in [-0.25, -0.2) is 0 Å². The van der Waals surface area contributed by atoms with Crippen LogP contribution in [0.4, 0.5) is 0 Å². The van der Waals surface area contributed by atoms with Crippen LogP contribution in [0.5, 0.6) is 0 Å². The number of thioether (sulfide) groups is 1. The molecule has 0 aromatic rings. The van der Waals surface area contributed by atoms with Crippen LogP contribution in [-0.4, -0.2) is 48.5 Å². The molecule has 0 spiro atoms. The number of hydrogen-bond donors (Lipinski definition) is 1. The van der Waals surface area contributed by atoms with Gasteiger partial charge in [-0.05, 0) is 25.1 Å². The molecule has 80 valence electrons. The lowest BCUT2D eigenvalue weighted by Gasteiger charge is -2.23. The van der Waals surface area contributed by atoms with Gasteiger partial charge in [0.2, 0.25) is 5.91 Å². The minimum atomic E-state index is 0.262. The smallest absolute Gasteiger partial charge is 0.227 e. The van der Waals surface area contributed by atoms with Gasteiger partial charge in [-0.15, -0.1) is 0 Å². The van der Waals surface area contributed by atoms with Crippen LogP contribution in [0.2, 0.25) is 0 Å². The lowest BCUT2D eigenvalue weighted by Crippen LogP contribution is -2.38. The number of amides is 1. The molecule has 1 N–H and O–H groups in total. The second kappa shape index (κ2) is 5.03. The van der Waals surface area contributed by atoms with E-state index in [1.54, 1.807) is 0 Å². The molecule has 2 aliphatic rings. The van der Waals surface area contributed by atoms with E-state index in [9.17, 15) is 4.79 Å². The molecule has 0 aromatic carbocycles.